The number of carbonyl (C=O) groups excluding carboxylic acids is 1. The smallest absolute Gasteiger partial charge is 0.224 e. The number of aliphatic hydroxyl groups is 1. The van der Waals surface area contributed by atoms with Crippen molar-refractivity contribution in [2.24, 2.45) is 0 Å². The zero-order valence-corrected chi connectivity index (χ0v) is 11.1. The lowest BCUT2D eigenvalue weighted by molar-refractivity contribution is -0.137. The van der Waals surface area contributed by atoms with Gasteiger partial charge in [-0.05, 0) is 51.6 Å². The van der Waals surface area contributed by atoms with Gasteiger partial charge in [0, 0.05) is 25.0 Å². The Labute approximate surface area is 109 Å². The maximum atomic E-state index is 12.3. The van der Waals surface area contributed by atoms with Crippen molar-refractivity contribution in [2.45, 2.75) is 63.1 Å². The second-order valence-corrected chi connectivity index (χ2v) is 6.11. The average Bonchev–Trinajstić information content (AvgIpc) is 2.94. The molecule has 4 heteroatoms. The number of likely N-dealkylation sites (tertiary alicyclic amines) is 1. The Hall–Kier alpha value is -0.610. The molecule has 4 nitrogen and oxygen atoms in total. The molecule has 2 unspecified atom stereocenters. The third-order valence-corrected chi connectivity index (χ3v) is 4.84. The fourth-order valence-corrected chi connectivity index (χ4v) is 3.94. The molecule has 1 amide bonds. The van der Waals surface area contributed by atoms with Crippen LogP contribution in [-0.4, -0.2) is 58.6 Å². The van der Waals surface area contributed by atoms with Gasteiger partial charge in [-0.25, -0.2) is 0 Å². The summed E-state index contributed by atoms with van der Waals surface area (Å²) < 4.78 is 0. The Kier molecular flexibility index (Phi) is 3.57. The van der Waals surface area contributed by atoms with Crippen LogP contribution in [0.1, 0.15) is 44.9 Å². The molecule has 0 spiro atoms. The molecule has 3 heterocycles. The summed E-state index contributed by atoms with van der Waals surface area (Å²) in [6.45, 7) is 3.26. The molecule has 2 atom stereocenters. The molecular weight excluding hydrogens is 228 g/mol. The molecule has 0 aromatic carbocycles. The van der Waals surface area contributed by atoms with Gasteiger partial charge in [-0.1, -0.05) is 0 Å². The van der Waals surface area contributed by atoms with Crippen LogP contribution in [0.2, 0.25) is 0 Å². The van der Waals surface area contributed by atoms with Gasteiger partial charge in [0.2, 0.25) is 5.91 Å². The number of nitrogens with zero attached hydrogens (tertiary/aromatic N) is 2. The molecule has 0 aliphatic carbocycles. The maximum Gasteiger partial charge on any atom is 0.224 e. The van der Waals surface area contributed by atoms with Crippen LogP contribution < -0.4 is 0 Å². The van der Waals surface area contributed by atoms with Crippen LogP contribution >= 0.6 is 0 Å². The molecular formula is C14H24N2O2. The second kappa shape index (κ2) is 5.17. The predicted octanol–water partition coefficient (Wildman–Crippen LogP) is 0.987. The van der Waals surface area contributed by atoms with E-state index in [9.17, 15) is 9.90 Å². The number of amides is 1. The van der Waals surface area contributed by atoms with Gasteiger partial charge in [-0.3, -0.25) is 4.79 Å². The number of hydrogen-bond acceptors (Lipinski definition) is 3. The van der Waals surface area contributed by atoms with Crippen LogP contribution in [-0.2, 0) is 4.79 Å². The van der Waals surface area contributed by atoms with Crippen LogP contribution in [0.3, 0.4) is 0 Å². The van der Waals surface area contributed by atoms with Crippen molar-refractivity contribution in [2.75, 3.05) is 19.6 Å². The largest absolute Gasteiger partial charge is 0.393 e. The van der Waals surface area contributed by atoms with E-state index in [-0.39, 0.29) is 6.10 Å². The van der Waals surface area contributed by atoms with Crippen molar-refractivity contribution in [1.29, 1.82) is 0 Å². The summed E-state index contributed by atoms with van der Waals surface area (Å²) >= 11 is 0. The summed E-state index contributed by atoms with van der Waals surface area (Å²) in [7, 11) is 0. The molecule has 0 aromatic heterocycles. The molecule has 3 fully saturated rings. The molecule has 1 N–H and O–H groups in total. The first kappa shape index (κ1) is 12.4. The minimum absolute atomic E-state index is 0.176. The van der Waals surface area contributed by atoms with Crippen LogP contribution in [0.15, 0.2) is 0 Å². The molecule has 3 saturated heterocycles. The summed E-state index contributed by atoms with van der Waals surface area (Å²) in [5, 5.41) is 9.75. The van der Waals surface area contributed by atoms with Crippen LogP contribution in [0.5, 0.6) is 0 Å². The molecule has 0 saturated carbocycles. The lowest BCUT2D eigenvalue weighted by atomic mass is 9.99. The Morgan fingerprint density at radius 2 is 1.72 bits per heavy atom. The van der Waals surface area contributed by atoms with E-state index >= 15 is 0 Å². The predicted molar refractivity (Wildman–Crippen MR) is 69.2 cm³/mol. The van der Waals surface area contributed by atoms with Crippen molar-refractivity contribution >= 4 is 5.91 Å². The fourth-order valence-electron chi connectivity index (χ4n) is 3.94. The summed E-state index contributed by atoms with van der Waals surface area (Å²) in [6, 6.07) is 0.648. The van der Waals surface area contributed by atoms with Gasteiger partial charge in [0.05, 0.1) is 6.10 Å². The Morgan fingerprint density at radius 1 is 1.11 bits per heavy atom. The molecule has 3 aliphatic rings. The van der Waals surface area contributed by atoms with Gasteiger partial charge in [-0.15, -0.1) is 0 Å². The number of aliphatic hydroxyl groups excluding tert-OH is 1. The highest BCUT2D eigenvalue weighted by molar-refractivity contribution is 5.77. The summed E-state index contributed by atoms with van der Waals surface area (Å²) in [4.78, 5) is 16.8. The molecule has 18 heavy (non-hydrogen) atoms. The summed E-state index contributed by atoms with van der Waals surface area (Å²) in [5.74, 6) is 0.321. The Morgan fingerprint density at radius 3 is 2.33 bits per heavy atom. The van der Waals surface area contributed by atoms with Crippen LogP contribution in [0.25, 0.3) is 0 Å². The Balaban J connectivity index is 1.53. The van der Waals surface area contributed by atoms with E-state index < -0.39 is 0 Å². The van der Waals surface area contributed by atoms with E-state index in [1.165, 1.54) is 25.9 Å². The van der Waals surface area contributed by atoms with E-state index in [1.807, 2.05) is 0 Å². The molecule has 2 bridgehead atoms. The van der Waals surface area contributed by atoms with Crippen LogP contribution in [0, 0.1) is 0 Å². The second-order valence-electron chi connectivity index (χ2n) is 6.11. The minimum Gasteiger partial charge on any atom is -0.393 e. The van der Waals surface area contributed by atoms with Crippen molar-refractivity contribution in [3.8, 4) is 0 Å². The maximum absolute atomic E-state index is 12.3. The average molecular weight is 252 g/mol. The van der Waals surface area contributed by atoms with E-state index in [1.54, 1.807) is 0 Å². The van der Waals surface area contributed by atoms with Crippen molar-refractivity contribution in [1.82, 2.24) is 9.80 Å². The van der Waals surface area contributed by atoms with Gasteiger partial charge >= 0.3 is 0 Å². The lowest BCUT2D eigenvalue weighted by Gasteiger charge is -2.37. The first-order valence-electron chi connectivity index (χ1n) is 7.45. The Bertz CT molecular complexity index is 301. The van der Waals surface area contributed by atoms with E-state index in [0.29, 0.717) is 24.4 Å². The van der Waals surface area contributed by atoms with Crippen molar-refractivity contribution < 1.29 is 9.90 Å². The van der Waals surface area contributed by atoms with Crippen molar-refractivity contribution in [3.05, 3.63) is 0 Å². The van der Waals surface area contributed by atoms with E-state index in [0.717, 1.165) is 32.2 Å². The normalized spacial score (nSPS) is 36.3. The standard InChI is InChI=1S/C14H24N2O2/c17-13-9-11-3-4-12(10-13)16(11)14(18)5-8-15-6-1-2-7-15/h11-13,17H,1-10H2. The van der Waals surface area contributed by atoms with E-state index in [4.69, 9.17) is 0 Å². The van der Waals surface area contributed by atoms with Crippen molar-refractivity contribution in [3.63, 3.8) is 0 Å². The monoisotopic (exact) mass is 252 g/mol. The molecule has 3 rings (SSSR count). The van der Waals surface area contributed by atoms with Gasteiger partial charge in [0.15, 0.2) is 0 Å². The first-order valence-corrected chi connectivity index (χ1v) is 7.45. The zero-order valence-electron chi connectivity index (χ0n) is 11.1. The summed E-state index contributed by atoms with van der Waals surface area (Å²) in [5.41, 5.74) is 0. The third kappa shape index (κ3) is 2.41. The first-order chi connectivity index (χ1) is 8.74. The highest BCUT2D eigenvalue weighted by Gasteiger charge is 2.42. The fraction of sp³-hybridized carbons (Fsp3) is 0.929. The number of piperidine rings is 1. The topological polar surface area (TPSA) is 43.8 Å². The number of carbonyl (C=O) groups is 1. The number of hydrogen-bond donors (Lipinski definition) is 1. The molecule has 3 aliphatic heterocycles. The van der Waals surface area contributed by atoms with Crippen LogP contribution in [0.4, 0.5) is 0 Å². The zero-order chi connectivity index (χ0) is 12.5. The SMILES string of the molecule is O=C(CCN1CCCC1)N1C2CCC1CC(O)C2. The van der Waals surface area contributed by atoms with E-state index in [2.05, 4.69) is 9.80 Å². The highest BCUT2D eigenvalue weighted by Crippen LogP contribution is 2.36. The number of fused-ring (bicyclic) bond motifs is 2. The van der Waals surface area contributed by atoms with Gasteiger partial charge in [-0.2, -0.15) is 0 Å². The number of rotatable bonds is 3. The highest BCUT2D eigenvalue weighted by atomic mass is 16.3. The molecule has 102 valence electrons. The lowest BCUT2D eigenvalue weighted by Crippen LogP contribution is -2.48. The van der Waals surface area contributed by atoms with Gasteiger partial charge in [0.25, 0.3) is 0 Å². The third-order valence-electron chi connectivity index (χ3n) is 4.84. The molecule has 0 radical (unpaired) electrons. The van der Waals surface area contributed by atoms with Gasteiger partial charge in [0.1, 0.15) is 0 Å². The quantitative estimate of drug-likeness (QED) is 0.814. The van der Waals surface area contributed by atoms with Gasteiger partial charge < -0.3 is 14.9 Å². The minimum atomic E-state index is -0.176. The summed E-state index contributed by atoms with van der Waals surface area (Å²) in [6.07, 6.45) is 6.85. The molecule has 0 aromatic rings.